The number of fused-ring (bicyclic) bond motifs is 1. The molecule has 0 atom stereocenters. The molecule has 4 rings (SSSR count). The summed E-state index contributed by atoms with van der Waals surface area (Å²) in [7, 11) is 3.36. The number of anilines is 2. The normalized spacial score (nSPS) is 17.0. The Morgan fingerprint density at radius 3 is 2.12 bits per heavy atom. The maximum absolute atomic E-state index is 5.47. The number of methoxy groups -OCH3 is 2. The molecule has 3 heterocycles. The molecule has 0 bridgehead atoms. The maximum atomic E-state index is 5.47. The lowest BCUT2D eigenvalue weighted by Crippen LogP contribution is -2.33. The number of nitrogens with zero attached hydrogens (tertiary/aromatic N) is 4. The zero-order valence-electron chi connectivity index (χ0n) is 15.6. The summed E-state index contributed by atoms with van der Waals surface area (Å²) in [6.07, 6.45) is 6.49. The topological polar surface area (TPSA) is 50.7 Å². The van der Waals surface area contributed by atoms with Crippen LogP contribution in [0.25, 0.3) is 0 Å². The highest BCUT2D eigenvalue weighted by Gasteiger charge is 2.21. The Hall–Kier alpha value is -2.50. The summed E-state index contributed by atoms with van der Waals surface area (Å²) in [5, 5.41) is 0. The molecule has 0 amide bonds. The van der Waals surface area contributed by atoms with Gasteiger partial charge in [0, 0.05) is 32.2 Å². The van der Waals surface area contributed by atoms with Crippen molar-refractivity contribution in [3.8, 4) is 11.5 Å². The van der Waals surface area contributed by atoms with Gasteiger partial charge in [-0.25, -0.2) is 9.97 Å². The first-order valence-corrected chi connectivity index (χ1v) is 9.34. The molecule has 0 aliphatic carbocycles. The highest BCUT2D eigenvalue weighted by Crippen LogP contribution is 2.34. The fourth-order valence-electron chi connectivity index (χ4n) is 3.88. The van der Waals surface area contributed by atoms with Crippen LogP contribution < -0.4 is 19.3 Å². The molecule has 0 saturated carbocycles. The summed E-state index contributed by atoms with van der Waals surface area (Å²) in [5.41, 5.74) is 2.59. The molecule has 6 nitrogen and oxygen atoms in total. The van der Waals surface area contributed by atoms with Crippen molar-refractivity contribution in [3.63, 3.8) is 0 Å². The zero-order chi connectivity index (χ0) is 17.9. The molecular formula is C20H26N4O2. The molecule has 0 unspecified atom stereocenters. The van der Waals surface area contributed by atoms with E-state index in [-0.39, 0.29) is 0 Å². The average molecular weight is 354 g/mol. The van der Waals surface area contributed by atoms with Crippen molar-refractivity contribution in [1.29, 1.82) is 0 Å². The van der Waals surface area contributed by atoms with Crippen LogP contribution >= 0.6 is 0 Å². The molecule has 2 aliphatic rings. The number of benzene rings is 1. The number of ether oxygens (including phenoxy) is 2. The first kappa shape index (κ1) is 16.9. The van der Waals surface area contributed by atoms with Crippen molar-refractivity contribution < 1.29 is 9.47 Å². The van der Waals surface area contributed by atoms with Gasteiger partial charge in [0.2, 0.25) is 0 Å². The monoisotopic (exact) mass is 354 g/mol. The van der Waals surface area contributed by atoms with Crippen LogP contribution in [0.2, 0.25) is 0 Å². The minimum absolute atomic E-state index is 0.782. The summed E-state index contributed by atoms with van der Waals surface area (Å²) < 4.78 is 10.9. The number of rotatable bonds is 4. The third-order valence-corrected chi connectivity index (χ3v) is 5.36. The summed E-state index contributed by atoms with van der Waals surface area (Å²) in [5.74, 6) is 3.63. The smallest absolute Gasteiger partial charge is 0.161 e. The van der Waals surface area contributed by atoms with Gasteiger partial charge in [0.05, 0.1) is 14.2 Å². The summed E-state index contributed by atoms with van der Waals surface area (Å²) in [4.78, 5) is 13.7. The van der Waals surface area contributed by atoms with Gasteiger partial charge in [0.1, 0.15) is 18.0 Å². The Labute approximate surface area is 154 Å². The third-order valence-electron chi connectivity index (χ3n) is 5.36. The van der Waals surface area contributed by atoms with E-state index in [0.29, 0.717) is 0 Å². The van der Waals surface area contributed by atoms with Gasteiger partial charge < -0.3 is 19.3 Å². The van der Waals surface area contributed by atoms with E-state index in [9.17, 15) is 0 Å². The van der Waals surface area contributed by atoms with Crippen molar-refractivity contribution in [2.75, 3.05) is 43.7 Å². The van der Waals surface area contributed by atoms with E-state index in [1.807, 2.05) is 0 Å². The summed E-state index contributed by atoms with van der Waals surface area (Å²) in [6, 6.07) is 6.33. The van der Waals surface area contributed by atoms with Crippen molar-refractivity contribution in [3.05, 3.63) is 35.7 Å². The number of hydrogen-bond acceptors (Lipinski definition) is 6. The average Bonchev–Trinajstić information content (AvgIpc) is 2.73. The first-order valence-electron chi connectivity index (χ1n) is 9.34. The Bertz CT molecular complexity index is 774. The first-order chi connectivity index (χ1) is 12.8. The van der Waals surface area contributed by atoms with Crippen LogP contribution in [-0.2, 0) is 13.0 Å². The van der Waals surface area contributed by atoms with Crippen LogP contribution in [-0.4, -0.2) is 43.8 Å². The Morgan fingerprint density at radius 1 is 0.769 bits per heavy atom. The van der Waals surface area contributed by atoms with Crippen LogP contribution in [0.1, 0.15) is 30.4 Å². The number of aromatic nitrogens is 2. The predicted molar refractivity (Wildman–Crippen MR) is 102 cm³/mol. The van der Waals surface area contributed by atoms with Gasteiger partial charge in [-0.3, -0.25) is 0 Å². The van der Waals surface area contributed by atoms with E-state index >= 15 is 0 Å². The number of piperidine rings is 1. The Morgan fingerprint density at radius 2 is 1.42 bits per heavy atom. The molecule has 26 heavy (non-hydrogen) atoms. The highest BCUT2D eigenvalue weighted by atomic mass is 16.5. The lowest BCUT2D eigenvalue weighted by Gasteiger charge is -2.32. The van der Waals surface area contributed by atoms with Crippen LogP contribution in [0.3, 0.4) is 0 Å². The van der Waals surface area contributed by atoms with Crippen LogP contribution in [0.5, 0.6) is 11.5 Å². The zero-order valence-corrected chi connectivity index (χ0v) is 15.6. The minimum Gasteiger partial charge on any atom is -0.493 e. The van der Waals surface area contributed by atoms with E-state index in [1.54, 1.807) is 20.5 Å². The number of hydrogen-bond donors (Lipinski definition) is 0. The van der Waals surface area contributed by atoms with Crippen LogP contribution in [0, 0.1) is 0 Å². The van der Waals surface area contributed by atoms with Gasteiger partial charge in [-0.15, -0.1) is 0 Å². The molecule has 1 saturated heterocycles. The lowest BCUT2D eigenvalue weighted by molar-refractivity contribution is 0.353. The fourth-order valence-corrected chi connectivity index (χ4v) is 3.88. The predicted octanol–water partition coefficient (Wildman–Crippen LogP) is 3.05. The molecule has 2 aliphatic heterocycles. The van der Waals surface area contributed by atoms with Crippen LogP contribution in [0.15, 0.2) is 24.5 Å². The van der Waals surface area contributed by atoms with Crippen molar-refractivity contribution in [1.82, 2.24) is 9.97 Å². The molecule has 0 N–H and O–H groups in total. The van der Waals surface area contributed by atoms with E-state index in [2.05, 4.69) is 38.0 Å². The largest absolute Gasteiger partial charge is 0.493 e. The van der Waals surface area contributed by atoms with Gasteiger partial charge in [0.25, 0.3) is 0 Å². The standard InChI is InChI=1S/C20H26N4O2/c1-25-17-10-15-6-9-24(13-16(15)11-18(17)26-2)20-12-19(21-14-22-20)23-7-4-3-5-8-23/h10-12,14H,3-9,13H2,1-2H3. The molecule has 2 aromatic rings. The maximum Gasteiger partial charge on any atom is 0.161 e. The lowest BCUT2D eigenvalue weighted by atomic mass is 9.99. The van der Waals surface area contributed by atoms with Crippen molar-refractivity contribution >= 4 is 11.6 Å². The SMILES string of the molecule is COc1cc2c(cc1OC)CN(c1cc(N3CCCCC3)ncn1)CC2. The molecule has 0 radical (unpaired) electrons. The second-order valence-electron chi connectivity index (χ2n) is 6.93. The Balaban J connectivity index is 1.57. The van der Waals surface area contributed by atoms with Gasteiger partial charge in [0.15, 0.2) is 11.5 Å². The quantitative estimate of drug-likeness (QED) is 0.841. The van der Waals surface area contributed by atoms with E-state index < -0.39 is 0 Å². The van der Waals surface area contributed by atoms with Gasteiger partial charge in [-0.05, 0) is 48.9 Å². The molecule has 1 aromatic carbocycles. The van der Waals surface area contributed by atoms with Gasteiger partial charge >= 0.3 is 0 Å². The second-order valence-corrected chi connectivity index (χ2v) is 6.93. The second kappa shape index (κ2) is 7.40. The molecule has 138 valence electrons. The van der Waals surface area contributed by atoms with Crippen molar-refractivity contribution in [2.24, 2.45) is 0 Å². The third kappa shape index (κ3) is 3.28. The van der Waals surface area contributed by atoms with Gasteiger partial charge in [-0.1, -0.05) is 0 Å². The molecule has 0 spiro atoms. The van der Waals surface area contributed by atoms with E-state index in [1.165, 1.54) is 30.4 Å². The fraction of sp³-hybridized carbons (Fsp3) is 0.500. The van der Waals surface area contributed by atoms with Crippen molar-refractivity contribution in [2.45, 2.75) is 32.2 Å². The molecule has 1 aromatic heterocycles. The minimum atomic E-state index is 0.782. The summed E-state index contributed by atoms with van der Waals surface area (Å²) >= 11 is 0. The van der Waals surface area contributed by atoms with Gasteiger partial charge in [-0.2, -0.15) is 0 Å². The molecule has 1 fully saturated rings. The van der Waals surface area contributed by atoms with Crippen LogP contribution in [0.4, 0.5) is 11.6 Å². The Kier molecular flexibility index (Phi) is 4.82. The molecule has 6 heteroatoms. The van der Waals surface area contributed by atoms with E-state index in [0.717, 1.165) is 55.7 Å². The molecular weight excluding hydrogens is 328 g/mol. The highest BCUT2D eigenvalue weighted by molar-refractivity contribution is 5.54. The van der Waals surface area contributed by atoms with E-state index in [4.69, 9.17) is 9.47 Å². The summed E-state index contributed by atoms with van der Waals surface area (Å²) in [6.45, 7) is 3.96.